The summed E-state index contributed by atoms with van der Waals surface area (Å²) in [6.07, 6.45) is 4.10. The molecule has 0 bridgehead atoms. The van der Waals surface area contributed by atoms with Gasteiger partial charge in [-0.05, 0) is 24.6 Å². The Bertz CT molecular complexity index is 715. The Kier molecular flexibility index (Phi) is 6.33. The molecule has 0 spiro atoms. The highest BCUT2D eigenvalue weighted by atomic mass is 16.5. The van der Waals surface area contributed by atoms with Gasteiger partial charge in [0.25, 0.3) is 5.91 Å². The Labute approximate surface area is 145 Å². The van der Waals surface area contributed by atoms with E-state index < -0.39 is 0 Å². The summed E-state index contributed by atoms with van der Waals surface area (Å²) in [6, 6.07) is 4.58. The number of anilines is 1. The van der Waals surface area contributed by atoms with E-state index in [0.29, 0.717) is 30.1 Å². The van der Waals surface area contributed by atoms with Gasteiger partial charge >= 0.3 is 6.03 Å². The van der Waals surface area contributed by atoms with Gasteiger partial charge in [0.15, 0.2) is 0 Å². The molecule has 0 unspecified atom stereocenters. The second kappa shape index (κ2) is 8.67. The minimum Gasteiger partial charge on any atom is -0.496 e. The number of methoxy groups -OCH3 is 1. The first kappa shape index (κ1) is 18.2. The van der Waals surface area contributed by atoms with Crippen LogP contribution in [-0.4, -0.2) is 59.6 Å². The minimum atomic E-state index is -0.341. The van der Waals surface area contributed by atoms with E-state index in [-0.39, 0.29) is 11.9 Å². The molecule has 134 valence electrons. The summed E-state index contributed by atoms with van der Waals surface area (Å²) in [5.74, 6) is 0.256. The summed E-state index contributed by atoms with van der Waals surface area (Å²) in [4.78, 5) is 25.6. The number of nitrogens with one attached hydrogen (secondary N) is 2. The average molecular weight is 346 g/mol. The van der Waals surface area contributed by atoms with Crippen molar-refractivity contribution in [2.45, 2.75) is 13.0 Å². The van der Waals surface area contributed by atoms with Crippen molar-refractivity contribution in [3.8, 4) is 5.75 Å². The number of nitrogens with zero attached hydrogens (tertiary/aromatic N) is 4. The van der Waals surface area contributed by atoms with Crippen molar-refractivity contribution in [3.63, 3.8) is 0 Å². The van der Waals surface area contributed by atoms with Gasteiger partial charge in [-0.2, -0.15) is 0 Å². The molecule has 0 atom stereocenters. The molecule has 0 fully saturated rings. The molecule has 0 radical (unpaired) electrons. The molecule has 1 heterocycles. The molecule has 9 heteroatoms. The topological polar surface area (TPSA) is 101 Å². The van der Waals surface area contributed by atoms with Crippen LogP contribution in [0.5, 0.6) is 5.75 Å². The van der Waals surface area contributed by atoms with E-state index in [1.54, 1.807) is 49.4 Å². The fourth-order valence-electron chi connectivity index (χ4n) is 2.16. The summed E-state index contributed by atoms with van der Waals surface area (Å²) in [7, 11) is 4.81. The molecule has 1 aromatic carbocycles. The van der Waals surface area contributed by atoms with Crippen LogP contribution in [0.4, 0.5) is 10.5 Å². The van der Waals surface area contributed by atoms with E-state index in [1.807, 2.05) is 0 Å². The normalized spacial score (nSPS) is 10.2. The Hall–Kier alpha value is -3.10. The number of hydrogen-bond acceptors (Lipinski definition) is 5. The quantitative estimate of drug-likeness (QED) is 0.734. The van der Waals surface area contributed by atoms with Crippen molar-refractivity contribution in [2.75, 3.05) is 33.1 Å². The molecule has 0 aliphatic heterocycles. The zero-order chi connectivity index (χ0) is 18.2. The Morgan fingerprint density at radius 1 is 1.32 bits per heavy atom. The van der Waals surface area contributed by atoms with Gasteiger partial charge in [0.1, 0.15) is 5.75 Å². The number of hydrogen-bond donors (Lipinski definition) is 2. The zero-order valence-corrected chi connectivity index (χ0v) is 14.5. The largest absolute Gasteiger partial charge is 0.496 e. The molecule has 0 aliphatic carbocycles. The van der Waals surface area contributed by atoms with E-state index in [9.17, 15) is 9.59 Å². The number of carbonyl (C=O) groups is 2. The van der Waals surface area contributed by atoms with E-state index in [1.165, 1.54) is 12.0 Å². The molecule has 2 rings (SSSR count). The molecule has 0 saturated carbocycles. The maximum absolute atomic E-state index is 12.2. The maximum Gasteiger partial charge on any atom is 0.319 e. The second-order valence-electron chi connectivity index (χ2n) is 5.52. The van der Waals surface area contributed by atoms with E-state index in [0.717, 1.165) is 6.42 Å². The molecule has 2 N–H and O–H groups in total. The van der Waals surface area contributed by atoms with Crippen LogP contribution in [0.2, 0.25) is 0 Å². The number of amides is 3. The lowest BCUT2D eigenvalue weighted by Crippen LogP contribution is -2.30. The fourth-order valence-corrected chi connectivity index (χ4v) is 2.16. The Morgan fingerprint density at radius 2 is 2.12 bits per heavy atom. The third kappa shape index (κ3) is 5.20. The summed E-state index contributed by atoms with van der Waals surface area (Å²) in [5, 5.41) is 13.0. The van der Waals surface area contributed by atoms with Crippen LogP contribution in [0.25, 0.3) is 0 Å². The van der Waals surface area contributed by atoms with Crippen LogP contribution in [0, 0.1) is 0 Å². The first-order valence-corrected chi connectivity index (χ1v) is 7.80. The molecule has 25 heavy (non-hydrogen) atoms. The van der Waals surface area contributed by atoms with Crippen LogP contribution < -0.4 is 15.4 Å². The van der Waals surface area contributed by atoms with Crippen LogP contribution in [-0.2, 0) is 6.54 Å². The first-order chi connectivity index (χ1) is 12.0. The highest BCUT2D eigenvalue weighted by molar-refractivity contribution is 5.99. The zero-order valence-electron chi connectivity index (χ0n) is 14.5. The van der Waals surface area contributed by atoms with E-state index >= 15 is 0 Å². The first-order valence-electron chi connectivity index (χ1n) is 7.80. The summed E-state index contributed by atoms with van der Waals surface area (Å²) < 4.78 is 6.90. The third-order valence-electron chi connectivity index (χ3n) is 3.42. The van der Waals surface area contributed by atoms with Crippen LogP contribution in [0.15, 0.2) is 30.6 Å². The van der Waals surface area contributed by atoms with Gasteiger partial charge in [-0.15, -0.1) is 5.10 Å². The Morgan fingerprint density at radius 3 is 2.76 bits per heavy atom. The number of urea groups is 1. The lowest BCUT2D eigenvalue weighted by atomic mass is 10.1. The number of rotatable bonds is 7. The van der Waals surface area contributed by atoms with Crippen molar-refractivity contribution >= 4 is 17.6 Å². The number of carbonyl (C=O) groups excluding carboxylic acids is 2. The molecule has 1 aromatic heterocycles. The van der Waals surface area contributed by atoms with Crippen molar-refractivity contribution in [3.05, 3.63) is 36.2 Å². The smallest absolute Gasteiger partial charge is 0.319 e. The molecule has 9 nitrogen and oxygen atoms in total. The van der Waals surface area contributed by atoms with Crippen LogP contribution in [0.1, 0.15) is 16.8 Å². The van der Waals surface area contributed by atoms with Gasteiger partial charge in [-0.1, -0.05) is 5.21 Å². The second-order valence-corrected chi connectivity index (χ2v) is 5.52. The predicted octanol–water partition coefficient (Wildman–Crippen LogP) is 1.20. The molecular formula is C16H22N6O3. The minimum absolute atomic E-state index is 0.200. The van der Waals surface area contributed by atoms with Gasteiger partial charge in [-0.3, -0.25) is 9.48 Å². The van der Waals surface area contributed by atoms with Crippen LogP contribution in [0.3, 0.4) is 0 Å². The molecule has 0 saturated heterocycles. The Balaban J connectivity index is 1.89. The SMILES string of the molecule is COc1ccc(NC(=O)NCCCn2ccnn2)cc1C(=O)N(C)C. The van der Waals surface area contributed by atoms with Crippen molar-refractivity contribution in [1.82, 2.24) is 25.2 Å². The average Bonchev–Trinajstić information content (AvgIpc) is 3.11. The van der Waals surface area contributed by atoms with Gasteiger partial charge in [0.05, 0.1) is 18.9 Å². The highest BCUT2D eigenvalue weighted by Gasteiger charge is 2.15. The van der Waals surface area contributed by atoms with Gasteiger partial charge in [-0.25, -0.2) is 4.79 Å². The van der Waals surface area contributed by atoms with Crippen LogP contribution >= 0.6 is 0 Å². The number of aryl methyl sites for hydroxylation is 1. The maximum atomic E-state index is 12.2. The van der Waals surface area contributed by atoms with Gasteiger partial charge in [0, 0.05) is 39.1 Å². The molecule has 2 aromatic rings. The standard InChI is InChI=1S/C16H22N6O3/c1-21(2)15(23)13-11-12(5-6-14(13)25-3)19-16(24)17-7-4-9-22-10-8-18-20-22/h5-6,8,10-11H,4,7,9H2,1-3H3,(H2,17,19,24). The summed E-state index contributed by atoms with van der Waals surface area (Å²) in [6.45, 7) is 1.16. The lowest BCUT2D eigenvalue weighted by molar-refractivity contribution is 0.0824. The van der Waals surface area contributed by atoms with E-state index in [4.69, 9.17) is 4.74 Å². The number of ether oxygens (including phenoxy) is 1. The number of aromatic nitrogens is 3. The van der Waals surface area contributed by atoms with E-state index in [2.05, 4.69) is 20.9 Å². The molecule has 3 amide bonds. The fraction of sp³-hybridized carbons (Fsp3) is 0.375. The van der Waals surface area contributed by atoms with Crippen molar-refractivity contribution < 1.29 is 14.3 Å². The molecular weight excluding hydrogens is 324 g/mol. The summed E-state index contributed by atoms with van der Waals surface area (Å²) >= 11 is 0. The highest BCUT2D eigenvalue weighted by Crippen LogP contribution is 2.23. The van der Waals surface area contributed by atoms with Gasteiger partial charge in [0.2, 0.25) is 0 Å². The third-order valence-corrected chi connectivity index (χ3v) is 3.42. The van der Waals surface area contributed by atoms with Crippen molar-refractivity contribution in [1.29, 1.82) is 0 Å². The predicted molar refractivity (Wildman–Crippen MR) is 92.7 cm³/mol. The van der Waals surface area contributed by atoms with Crippen molar-refractivity contribution in [2.24, 2.45) is 0 Å². The summed E-state index contributed by atoms with van der Waals surface area (Å²) in [5.41, 5.74) is 0.899. The lowest BCUT2D eigenvalue weighted by Gasteiger charge is -2.15. The number of benzene rings is 1. The monoisotopic (exact) mass is 346 g/mol. The van der Waals surface area contributed by atoms with Gasteiger partial charge < -0.3 is 20.3 Å². The molecule has 0 aliphatic rings.